The topological polar surface area (TPSA) is 32.3 Å². The van der Waals surface area contributed by atoms with Gasteiger partial charge in [0.15, 0.2) is 0 Å². The Morgan fingerprint density at radius 3 is 2.47 bits per heavy atom. The number of hydrogen-bond donors (Lipinski definition) is 1. The van der Waals surface area contributed by atoms with E-state index in [1.807, 2.05) is 11.9 Å². The lowest BCUT2D eigenvalue weighted by molar-refractivity contribution is -0.133. The summed E-state index contributed by atoms with van der Waals surface area (Å²) in [5, 5.41) is 3.02. The molecule has 1 amide bonds. The molecule has 15 heavy (non-hydrogen) atoms. The Hall–Kier alpha value is -0.570. The monoisotopic (exact) mass is 212 g/mol. The van der Waals surface area contributed by atoms with Gasteiger partial charge in [0.2, 0.25) is 5.91 Å². The van der Waals surface area contributed by atoms with Crippen molar-refractivity contribution in [2.24, 2.45) is 5.41 Å². The number of nitrogens with zero attached hydrogens (tertiary/aromatic N) is 1. The van der Waals surface area contributed by atoms with Crippen LogP contribution in [-0.4, -0.2) is 37.5 Å². The van der Waals surface area contributed by atoms with Crippen molar-refractivity contribution in [3.05, 3.63) is 0 Å². The van der Waals surface area contributed by atoms with Crippen LogP contribution in [0.15, 0.2) is 0 Å². The second-order valence-electron chi connectivity index (χ2n) is 4.90. The van der Waals surface area contributed by atoms with Crippen LogP contribution in [-0.2, 0) is 4.79 Å². The first kappa shape index (κ1) is 12.5. The summed E-state index contributed by atoms with van der Waals surface area (Å²) in [7, 11) is 1.89. The highest BCUT2D eigenvalue weighted by molar-refractivity contribution is 5.76. The quantitative estimate of drug-likeness (QED) is 0.768. The number of rotatable bonds is 4. The third-order valence-electron chi connectivity index (χ3n) is 3.77. The van der Waals surface area contributed by atoms with Gasteiger partial charge in [-0.2, -0.15) is 0 Å². The molecule has 1 fully saturated rings. The van der Waals surface area contributed by atoms with E-state index < -0.39 is 0 Å². The van der Waals surface area contributed by atoms with E-state index in [1.54, 1.807) is 0 Å². The molecule has 0 aromatic heterocycles. The Balaban J connectivity index is 2.33. The Bertz CT molecular complexity index is 208. The number of carbonyl (C=O) groups excluding carboxylic acids is 1. The third-order valence-corrected chi connectivity index (χ3v) is 3.77. The van der Waals surface area contributed by atoms with Crippen molar-refractivity contribution in [1.29, 1.82) is 0 Å². The van der Waals surface area contributed by atoms with Crippen LogP contribution in [0.25, 0.3) is 0 Å². The van der Waals surface area contributed by atoms with E-state index in [2.05, 4.69) is 19.2 Å². The van der Waals surface area contributed by atoms with Crippen LogP contribution in [0.4, 0.5) is 0 Å². The van der Waals surface area contributed by atoms with Gasteiger partial charge in [-0.3, -0.25) is 4.79 Å². The Morgan fingerprint density at radius 2 is 2.00 bits per heavy atom. The van der Waals surface area contributed by atoms with Gasteiger partial charge < -0.3 is 10.2 Å². The zero-order valence-corrected chi connectivity index (χ0v) is 10.3. The summed E-state index contributed by atoms with van der Waals surface area (Å²) >= 11 is 0. The summed E-state index contributed by atoms with van der Waals surface area (Å²) in [6.45, 7) is 7.28. The molecule has 0 radical (unpaired) electrons. The van der Waals surface area contributed by atoms with Gasteiger partial charge in [0.1, 0.15) is 0 Å². The minimum Gasteiger partial charge on any atom is -0.343 e. The predicted molar refractivity (Wildman–Crippen MR) is 62.8 cm³/mol. The van der Waals surface area contributed by atoms with E-state index in [4.69, 9.17) is 0 Å². The van der Waals surface area contributed by atoms with E-state index in [0.717, 1.165) is 32.5 Å². The maximum absolute atomic E-state index is 11.7. The number of hydrogen-bond acceptors (Lipinski definition) is 2. The molecule has 1 N–H and O–H groups in total. The van der Waals surface area contributed by atoms with Crippen LogP contribution in [0.3, 0.4) is 0 Å². The molecular formula is C12H24N2O. The lowest BCUT2D eigenvalue weighted by Gasteiger charge is -2.39. The molecule has 0 aromatic carbocycles. The van der Waals surface area contributed by atoms with Crippen LogP contribution in [0, 0.1) is 5.41 Å². The minimum atomic E-state index is 0.308. The molecule has 0 aromatic rings. The second kappa shape index (κ2) is 5.50. The summed E-state index contributed by atoms with van der Waals surface area (Å²) in [5.41, 5.74) is 0.472. The highest BCUT2D eigenvalue weighted by atomic mass is 16.2. The Labute approximate surface area is 93.2 Å². The lowest BCUT2D eigenvalue weighted by Crippen LogP contribution is -2.42. The Morgan fingerprint density at radius 1 is 1.40 bits per heavy atom. The zero-order valence-electron chi connectivity index (χ0n) is 10.3. The molecule has 0 aliphatic carbocycles. The molecule has 0 saturated carbocycles. The normalized spacial score (nSPS) is 20.3. The molecular weight excluding hydrogens is 188 g/mol. The predicted octanol–water partition coefficient (Wildman–Crippen LogP) is 1.63. The number of nitrogens with one attached hydrogen (secondary N) is 1. The van der Waals surface area contributed by atoms with Gasteiger partial charge in [0.25, 0.3) is 0 Å². The van der Waals surface area contributed by atoms with Gasteiger partial charge in [0.05, 0.1) is 0 Å². The molecule has 0 spiro atoms. The van der Waals surface area contributed by atoms with E-state index in [0.29, 0.717) is 17.7 Å². The highest BCUT2D eigenvalue weighted by Crippen LogP contribution is 2.33. The fourth-order valence-corrected chi connectivity index (χ4v) is 2.04. The molecule has 3 heteroatoms. The van der Waals surface area contributed by atoms with Gasteiger partial charge >= 0.3 is 0 Å². The standard InChI is InChI=1S/C12H24N2O/c1-4-12(2)6-9-14(10-7-12)11(15)5-8-13-3/h13H,4-10H2,1-3H3. The fraction of sp³-hybridized carbons (Fsp3) is 0.917. The molecule has 1 aliphatic rings. The van der Waals surface area contributed by atoms with Crippen LogP contribution < -0.4 is 5.32 Å². The molecule has 1 aliphatic heterocycles. The summed E-state index contributed by atoms with van der Waals surface area (Å²) < 4.78 is 0. The van der Waals surface area contributed by atoms with Crippen molar-refractivity contribution in [1.82, 2.24) is 10.2 Å². The minimum absolute atomic E-state index is 0.308. The smallest absolute Gasteiger partial charge is 0.223 e. The fourth-order valence-electron chi connectivity index (χ4n) is 2.04. The summed E-state index contributed by atoms with van der Waals surface area (Å²) in [5.74, 6) is 0.308. The maximum atomic E-state index is 11.7. The van der Waals surface area contributed by atoms with Crippen LogP contribution in [0.1, 0.15) is 39.5 Å². The molecule has 1 saturated heterocycles. The molecule has 88 valence electrons. The molecule has 1 heterocycles. The van der Waals surface area contributed by atoms with Gasteiger partial charge in [-0.1, -0.05) is 20.3 Å². The number of piperidine rings is 1. The molecule has 0 atom stereocenters. The highest BCUT2D eigenvalue weighted by Gasteiger charge is 2.29. The van der Waals surface area contributed by atoms with Gasteiger partial charge in [-0.15, -0.1) is 0 Å². The maximum Gasteiger partial charge on any atom is 0.223 e. The van der Waals surface area contributed by atoms with Crippen LogP contribution in [0.5, 0.6) is 0 Å². The Kier molecular flexibility index (Phi) is 4.58. The van der Waals surface area contributed by atoms with Gasteiger partial charge in [-0.25, -0.2) is 0 Å². The zero-order chi connectivity index (χ0) is 11.3. The average Bonchev–Trinajstić information content (AvgIpc) is 2.27. The SMILES string of the molecule is CCC1(C)CCN(C(=O)CCNC)CC1. The van der Waals surface area contributed by atoms with Crippen molar-refractivity contribution in [3.8, 4) is 0 Å². The van der Waals surface area contributed by atoms with Crippen molar-refractivity contribution >= 4 is 5.91 Å². The molecule has 0 bridgehead atoms. The molecule has 3 nitrogen and oxygen atoms in total. The molecule has 1 rings (SSSR count). The average molecular weight is 212 g/mol. The van der Waals surface area contributed by atoms with Gasteiger partial charge in [-0.05, 0) is 25.3 Å². The number of amides is 1. The summed E-state index contributed by atoms with van der Waals surface area (Å²) in [4.78, 5) is 13.8. The van der Waals surface area contributed by atoms with Crippen LogP contribution in [0.2, 0.25) is 0 Å². The van der Waals surface area contributed by atoms with Crippen LogP contribution >= 0.6 is 0 Å². The van der Waals surface area contributed by atoms with Crippen molar-refractivity contribution in [2.75, 3.05) is 26.7 Å². The third kappa shape index (κ3) is 3.49. The van der Waals surface area contributed by atoms with E-state index in [1.165, 1.54) is 6.42 Å². The second-order valence-corrected chi connectivity index (χ2v) is 4.90. The molecule has 0 unspecified atom stereocenters. The number of likely N-dealkylation sites (tertiary alicyclic amines) is 1. The van der Waals surface area contributed by atoms with Crippen molar-refractivity contribution < 1.29 is 4.79 Å². The first-order valence-electron chi connectivity index (χ1n) is 6.04. The van der Waals surface area contributed by atoms with Crippen molar-refractivity contribution in [3.63, 3.8) is 0 Å². The number of carbonyl (C=O) groups is 1. The first-order valence-corrected chi connectivity index (χ1v) is 6.04. The van der Waals surface area contributed by atoms with Crippen molar-refractivity contribution in [2.45, 2.75) is 39.5 Å². The van der Waals surface area contributed by atoms with E-state index in [9.17, 15) is 4.79 Å². The lowest BCUT2D eigenvalue weighted by atomic mass is 9.78. The first-order chi connectivity index (χ1) is 7.11. The van der Waals surface area contributed by atoms with E-state index in [-0.39, 0.29) is 0 Å². The summed E-state index contributed by atoms with van der Waals surface area (Å²) in [6.07, 6.45) is 4.19. The van der Waals surface area contributed by atoms with Gasteiger partial charge in [0, 0.05) is 26.1 Å². The summed E-state index contributed by atoms with van der Waals surface area (Å²) in [6, 6.07) is 0. The van der Waals surface area contributed by atoms with E-state index >= 15 is 0 Å². The largest absolute Gasteiger partial charge is 0.343 e.